The van der Waals surface area contributed by atoms with Crippen LogP contribution in [0.5, 0.6) is 0 Å². The molecule has 2 fully saturated rings. The van der Waals surface area contributed by atoms with Crippen molar-refractivity contribution in [3.05, 3.63) is 0 Å². The van der Waals surface area contributed by atoms with Gasteiger partial charge in [0.15, 0.2) is 0 Å². The van der Waals surface area contributed by atoms with Crippen LogP contribution < -0.4 is 10.6 Å². The maximum absolute atomic E-state index is 9.22. The molecule has 2 saturated heterocycles. The van der Waals surface area contributed by atoms with E-state index in [1.165, 1.54) is 0 Å². The maximum Gasteiger partial charge on any atom is 0.0675 e. The first-order valence-electron chi connectivity index (χ1n) is 4.52. The van der Waals surface area contributed by atoms with Gasteiger partial charge in [0.05, 0.1) is 18.8 Å². The predicted molar refractivity (Wildman–Crippen MR) is 45.0 cm³/mol. The molecule has 0 spiro atoms. The van der Waals surface area contributed by atoms with Crippen LogP contribution in [0.25, 0.3) is 0 Å². The van der Waals surface area contributed by atoms with Crippen molar-refractivity contribution in [3.8, 4) is 0 Å². The summed E-state index contributed by atoms with van der Waals surface area (Å²) in [6, 6.07) is 0.527. The van der Waals surface area contributed by atoms with Crippen LogP contribution in [0.3, 0.4) is 0 Å². The molecule has 0 saturated carbocycles. The molecule has 70 valence electrons. The molecule has 0 aromatic heterocycles. The van der Waals surface area contributed by atoms with Crippen molar-refractivity contribution in [1.29, 1.82) is 0 Å². The normalized spacial score (nSPS) is 36.8. The summed E-state index contributed by atoms with van der Waals surface area (Å²) in [4.78, 5) is 0. The Morgan fingerprint density at radius 3 is 2.83 bits per heavy atom. The van der Waals surface area contributed by atoms with E-state index in [-0.39, 0.29) is 12.1 Å². The Kier molecular flexibility index (Phi) is 2.32. The van der Waals surface area contributed by atoms with Crippen LogP contribution in [0.4, 0.5) is 0 Å². The lowest BCUT2D eigenvalue weighted by Crippen LogP contribution is -2.64. The molecule has 0 aromatic rings. The molecule has 0 aliphatic carbocycles. The Labute approximate surface area is 72.3 Å². The van der Waals surface area contributed by atoms with Crippen molar-refractivity contribution in [1.82, 2.24) is 10.6 Å². The number of aliphatic hydroxyl groups is 1. The fraction of sp³-hybridized carbons (Fsp3) is 1.00. The molecule has 4 heteroatoms. The van der Waals surface area contributed by atoms with Crippen molar-refractivity contribution in [3.63, 3.8) is 0 Å². The highest BCUT2D eigenvalue weighted by atomic mass is 16.5. The van der Waals surface area contributed by atoms with Gasteiger partial charge < -0.3 is 20.5 Å². The van der Waals surface area contributed by atoms with E-state index in [4.69, 9.17) is 4.74 Å². The zero-order chi connectivity index (χ0) is 8.44. The molecule has 3 N–H and O–H groups in total. The summed E-state index contributed by atoms with van der Waals surface area (Å²) in [5.41, 5.74) is -0.146. The highest BCUT2D eigenvalue weighted by Crippen LogP contribution is 2.19. The van der Waals surface area contributed by atoms with E-state index in [1.54, 1.807) is 0 Å². The van der Waals surface area contributed by atoms with Gasteiger partial charge in [0, 0.05) is 25.7 Å². The van der Waals surface area contributed by atoms with Crippen LogP contribution in [0.15, 0.2) is 0 Å². The smallest absolute Gasteiger partial charge is 0.0675 e. The largest absolute Gasteiger partial charge is 0.394 e. The number of aliphatic hydroxyl groups excluding tert-OH is 1. The molecule has 1 unspecified atom stereocenters. The summed E-state index contributed by atoms with van der Waals surface area (Å²) in [5.74, 6) is 0. The fourth-order valence-corrected chi connectivity index (χ4v) is 1.72. The third kappa shape index (κ3) is 1.47. The van der Waals surface area contributed by atoms with Crippen molar-refractivity contribution in [2.24, 2.45) is 0 Å². The lowest BCUT2D eigenvalue weighted by atomic mass is 9.97. The second-order valence-electron chi connectivity index (χ2n) is 3.74. The fourth-order valence-electron chi connectivity index (χ4n) is 1.72. The Balaban J connectivity index is 1.87. The van der Waals surface area contributed by atoms with E-state index >= 15 is 0 Å². The SMILES string of the molecule is OCC1(NC2CNC2)CCOC1. The number of ether oxygens (including phenoxy) is 1. The Morgan fingerprint density at radius 1 is 1.58 bits per heavy atom. The molecular formula is C8H16N2O2. The molecule has 2 heterocycles. The Bertz CT molecular complexity index is 153. The van der Waals surface area contributed by atoms with Crippen LogP contribution >= 0.6 is 0 Å². The van der Waals surface area contributed by atoms with Gasteiger partial charge in [0.1, 0.15) is 0 Å². The maximum atomic E-state index is 9.22. The average Bonchev–Trinajstić information content (AvgIpc) is 2.46. The highest BCUT2D eigenvalue weighted by Gasteiger charge is 2.37. The topological polar surface area (TPSA) is 53.5 Å². The first kappa shape index (κ1) is 8.44. The average molecular weight is 172 g/mol. The van der Waals surface area contributed by atoms with Crippen LogP contribution in [0.2, 0.25) is 0 Å². The molecule has 0 aromatic carbocycles. The van der Waals surface area contributed by atoms with Gasteiger partial charge in [0.2, 0.25) is 0 Å². The molecule has 1 atom stereocenters. The molecule has 12 heavy (non-hydrogen) atoms. The zero-order valence-corrected chi connectivity index (χ0v) is 7.18. The van der Waals surface area contributed by atoms with E-state index < -0.39 is 0 Å². The monoisotopic (exact) mass is 172 g/mol. The minimum Gasteiger partial charge on any atom is -0.394 e. The summed E-state index contributed by atoms with van der Waals surface area (Å²) in [6.45, 7) is 3.64. The van der Waals surface area contributed by atoms with Crippen LogP contribution in [0, 0.1) is 0 Å². The van der Waals surface area contributed by atoms with Gasteiger partial charge in [-0.25, -0.2) is 0 Å². The van der Waals surface area contributed by atoms with Gasteiger partial charge in [-0.2, -0.15) is 0 Å². The summed E-state index contributed by atoms with van der Waals surface area (Å²) >= 11 is 0. The summed E-state index contributed by atoms with van der Waals surface area (Å²) in [6.07, 6.45) is 0.931. The van der Waals surface area contributed by atoms with Crippen molar-refractivity contribution in [2.45, 2.75) is 18.0 Å². The number of hydrogen-bond acceptors (Lipinski definition) is 4. The van der Waals surface area contributed by atoms with E-state index in [9.17, 15) is 5.11 Å². The third-order valence-electron chi connectivity index (χ3n) is 2.70. The molecule has 4 nitrogen and oxygen atoms in total. The number of rotatable bonds is 3. The second kappa shape index (κ2) is 3.30. The van der Waals surface area contributed by atoms with Gasteiger partial charge in [-0.05, 0) is 6.42 Å². The van der Waals surface area contributed by atoms with Gasteiger partial charge in [-0.15, -0.1) is 0 Å². The van der Waals surface area contributed by atoms with Crippen molar-refractivity contribution in [2.75, 3.05) is 32.9 Å². The first-order valence-corrected chi connectivity index (χ1v) is 4.52. The second-order valence-corrected chi connectivity index (χ2v) is 3.74. The standard InChI is InChI=1S/C8H16N2O2/c11-5-8(1-2-12-6-8)10-7-3-9-4-7/h7,9-11H,1-6H2. The quantitative estimate of drug-likeness (QED) is 0.495. The van der Waals surface area contributed by atoms with Crippen LogP contribution in [-0.4, -0.2) is 49.6 Å². The summed E-state index contributed by atoms with van der Waals surface area (Å²) < 4.78 is 5.28. The molecule has 2 aliphatic rings. The zero-order valence-electron chi connectivity index (χ0n) is 7.18. The van der Waals surface area contributed by atoms with E-state index in [2.05, 4.69) is 10.6 Å². The first-order chi connectivity index (χ1) is 5.85. The lowest BCUT2D eigenvalue weighted by molar-refractivity contribution is 0.105. The highest BCUT2D eigenvalue weighted by molar-refractivity contribution is 4.97. The van der Waals surface area contributed by atoms with Gasteiger partial charge >= 0.3 is 0 Å². The minimum absolute atomic E-state index is 0.146. The summed E-state index contributed by atoms with van der Waals surface area (Å²) in [7, 11) is 0. The van der Waals surface area contributed by atoms with E-state index in [0.29, 0.717) is 12.6 Å². The number of nitrogens with one attached hydrogen (secondary N) is 2. The van der Waals surface area contributed by atoms with Crippen LogP contribution in [0.1, 0.15) is 6.42 Å². The molecule has 0 bridgehead atoms. The van der Waals surface area contributed by atoms with Gasteiger partial charge in [0.25, 0.3) is 0 Å². The van der Waals surface area contributed by atoms with Crippen molar-refractivity contribution >= 4 is 0 Å². The third-order valence-corrected chi connectivity index (χ3v) is 2.70. The molecule has 0 radical (unpaired) electrons. The molecule has 2 rings (SSSR count). The van der Waals surface area contributed by atoms with Gasteiger partial charge in [-0.1, -0.05) is 0 Å². The Morgan fingerprint density at radius 2 is 2.42 bits per heavy atom. The minimum atomic E-state index is -0.146. The summed E-state index contributed by atoms with van der Waals surface area (Å²) in [5, 5.41) is 15.9. The molecule has 0 amide bonds. The Hall–Kier alpha value is -0.160. The van der Waals surface area contributed by atoms with E-state index in [1.807, 2.05) is 0 Å². The molecule has 2 aliphatic heterocycles. The lowest BCUT2D eigenvalue weighted by Gasteiger charge is -2.37. The molecular weight excluding hydrogens is 156 g/mol. The van der Waals surface area contributed by atoms with Crippen LogP contribution in [-0.2, 0) is 4.74 Å². The van der Waals surface area contributed by atoms with Crippen molar-refractivity contribution < 1.29 is 9.84 Å². The number of hydrogen-bond donors (Lipinski definition) is 3. The van der Waals surface area contributed by atoms with E-state index in [0.717, 1.165) is 26.1 Å². The van der Waals surface area contributed by atoms with Gasteiger partial charge in [-0.3, -0.25) is 0 Å². The predicted octanol–water partition coefficient (Wildman–Crippen LogP) is -1.30.